The predicted octanol–water partition coefficient (Wildman–Crippen LogP) is 2.50. The van der Waals surface area contributed by atoms with E-state index in [0.29, 0.717) is 12.1 Å². The van der Waals surface area contributed by atoms with Crippen LogP contribution in [0.2, 0.25) is 0 Å². The van der Waals surface area contributed by atoms with Crippen molar-refractivity contribution in [1.29, 1.82) is 0 Å². The van der Waals surface area contributed by atoms with E-state index in [4.69, 9.17) is 4.74 Å². The van der Waals surface area contributed by atoms with E-state index in [0.717, 1.165) is 30.4 Å². The fourth-order valence-electron chi connectivity index (χ4n) is 1.93. The van der Waals surface area contributed by atoms with Crippen LogP contribution in [0, 0.1) is 0 Å². The average molecular weight is 275 g/mol. The molecular formula is C15H21N3O2. The summed E-state index contributed by atoms with van der Waals surface area (Å²) in [5, 5.41) is 10.7. The quantitative estimate of drug-likeness (QED) is 0.763. The Labute approximate surface area is 118 Å². The minimum absolute atomic E-state index is 0.0497. The van der Waals surface area contributed by atoms with Crippen LogP contribution in [0.4, 0.5) is 0 Å². The molecule has 1 amide bonds. The molecule has 0 bridgehead atoms. The molecule has 1 aromatic carbocycles. The van der Waals surface area contributed by atoms with Gasteiger partial charge in [-0.1, -0.05) is 6.07 Å². The van der Waals surface area contributed by atoms with Crippen molar-refractivity contribution in [3.63, 3.8) is 0 Å². The summed E-state index contributed by atoms with van der Waals surface area (Å²) in [6, 6.07) is 5.53. The highest BCUT2D eigenvalue weighted by molar-refractivity contribution is 5.97. The van der Waals surface area contributed by atoms with E-state index < -0.39 is 0 Å². The van der Waals surface area contributed by atoms with Gasteiger partial charge in [-0.25, -0.2) is 0 Å². The molecule has 0 saturated carbocycles. The molecule has 0 fully saturated rings. The molecule has 108 valence electrons. The molecule has 2 aromatic rings. The SMILES string of the molecule is CC(C)OCCCCNC(=O)c1ccc2cn[nH]c2c1. The van der Waals surface area contributed by atoms with E-state index in [-0.39, 0.29) is 12.0 Å². The number of aromatic nitrogens is 2. The average Bonchev–Trinajstić information content (AvgIpc) is 2.89. The van der Waals surface area contributed by atoms with Crippen LogP contribution < -0.4 is 5.32 Å². The maximum absolute atomic E-state index is 12.0. The van der Waals surface area contributed by atoms with Gasteiger partial charge in [-0.15, -0.1) is 0 Å². The molecule has 20 heavy (non-hydrogen) atoms. The first kappa shape index (κ1) is 14.5. The molecule has 2 N–H and O–H groups in total. The topological polar surface area (TPSA) is 67.0 Å². The zero-order valence-corrected chi connectivity index (χ0v) is 12.0. The van der Waals surface area contributed by atoms with Crippen molar-refractivity contribution >= 4 is 16.8 Å². The monoisotopic (exact) mass is 275 g/mol. The number of nitrogens with zero attached hydrogens (tertiary/aromatic N) is 1. The number of rotatable bonds is 7. The summed E-state index contributed by atoms with van der Waals surface area (Å²) in [6.07, 6.45) is 3.89. The van der Waals surface area contributed by atoms with Crippen LogP contribution in [-0.4, -0.2) is 35.4 Å². The highest BCUT2D eigenvalue weighted by Crippen LogP contribution is 2.12. The number of carbonyl (C=O) groups excluding carboxylic acids is 1. The van der Waals surface area contributed by atoms with E-state index in [2.05, 4.69) is 15.5 Å². The van der Waals surface area contributed by atoms with Crippen LogP contribution in [0.15, 0.2) is 24.4 Å². The minimum atomic E-state index is -0.0497. The maximum Gasteiger partial charge on any atom is 0.251 e. The lowest BCUT2D eigenvalue weighted by molar-refractivity contribution is 0.0754. The normalized spacial score (nSPS) is 11.2. The third kappa shape index (κ3) is 4.06. The second-order valence-corrected chi connectivity index (χ2v) is 5.05. The van der Waals surface area contributed by atoms with Gasteiger partial charge < -0.3 is 10.1 Å². The number of aromatic amines is 1. The lowest BCUT2D eigenvalue weighted by Gasteiger charge is -2.08. The van der Waals surface area contributed by atoms with Crippen LogP contribution in [-0.2, 0) is 4.74 Å². The fraction of sp³-hybridized carbons (Fsp3) is 0.467. The molecule has 5 heteroatoms. The molecule has 0 unspecified atom stereocenters. The van der Waals surface area contributed by atoms with E-state index in [9.17, 15) is 4.79 Å². The molecule has 0 radical (unpaired) electrons. The molecule has 0 spiro atoms. The Morgan fingerprint density at radius 1 is 1.40 bits per heavy atom. The number of H-pyrrole nitrogens is 1. The number of carbonyl (C=O) groups is 1. The van der Waals surface area contributed by atoms with Crippen molar-refractivity contribution in [1.82, 2.24) is 15.5 Å². The third-order valence-corrected chi connectivity index (χ3v) is 3.01. The van der Waals surface area contributed by atoms with Gasteiger partial charge in [-0.2, -0.15) is 5.10 Å². The number of fused-ring (bicyclic) bond motifs is 1. The highest BCUT2D eigenvalue weighted by atomic mass is 16.5. The lowest BCUT2D eigenvalue weighted by atomic mass is 10.1. The summed E-state index contributed by atoms with van der Waals surface area (Å²) in [6.45, 7) is 5.45. The van der Waals surface area contributed by atoms with Crippen LogP contribution >= 0.6 is 0 Å². The van der Waals surface area contributed by atoms with Crippen molar-refractivity contribution in [2.24, 2.45) is 0 Å². The molecule has 5 nitrogen and oxygen atoms in total. The molecule has 0 aliphatic heterocycles. The summed E-state index contributed by atoms with van der Waals surface area (Å²) in [5.74, 6) is -0.0497. The molecule has 0 aliphatic carbocycles. The predicted molar refractivity (Wildman–Crippen MR) is 78.7 cm³/mol. The van der Waals surface area contributed by atoms with Crippen LogP contribution in [0.3, 0.4) is 0 Å². The Hall–Kier alpha value is -1.88. The van der Waals surface area contributed by atoms with E-state index in [1.165, 1.54) is 0 Å². The number of hydrogen-bond donors (Lipinski definition) is 2. The van der Waals surface area contributed by atoms with Gasteiger partial charge in [0.1, 0.15) is 0 Å². The van der Waals surface area contributed by atoms with Crippen molar-refractivity contribution in [2.75, 3.05) is 13.2 Å². The first-order valence-electron chi connectivity index (χ1n) is 7.00. The molecular weight excluding hydrogens is 254 g/mol. The second kappa shape index (κ2) is 7.05. The Bertz CT molecular complexity index is 563. The summed E-state index contributed by atoms with van der Waals surface area (Å²) >= 11 is 0. The first-order chi connectivity index (χ1) is 9.66. The van der Waals surface area contributed by atoms with E-state index in [1.54, 1.807) is 6.20 Å². The molecule has 0 aliphatic rings. The Morgan fingerprint density at radius 2 is 2.25 bits per heavy atom. The van der Waals surface area contributed by atoms with E-state index >= 15 is 0 Å². The van der Waals surface area contributed by atoms with Crippen LogP contribution in [0.5, 0.6) is 0 Å². The minimum Gasteiger partial charge on any atom is -0.379 e. The summed E-state index contributed by atoms with van der Waals surface area (Å²) < 4.78 is 5.45. The zero-order valence-electron chi connectivity index (χ0n) is 12.0. The van der Waals surface area contributed by atoms with Crippen molar-refractivity contribution < 1.29 is 9.53 Å². The number of nitrogens with one attached hydrogen (secondary N) is 2. The highest BCUT2D eigenvalue weighted by Gasteiger charge is 2.06. The third-order valence-electron chi connectivity index (χ3n) is 3.01. The van der Waals surface area contributed by atoms with Gasteiger partial charge in [-0.05, 0) is 38.8 Å². The van der Waals surface area contributed by atoms with E-state index in [1.807, 2.05) is 32.0 Å². The number of hydrogen-bond acceptors (Lipinski definition) is 3. The van der Waals surface area contributed by atoms with Gasteiger partial charge in [0.2, 0.25) is 0 Å². The number of amides is 1. The van der Waals surface area contributed by atoms with Gasteiger partial charge in [0.25, 0.3) is 5.91 Å². The summed E-state index contributed by atoms with van der Waals surface area (Å²) in [5.41, 5.74) is 1.53. The molecule has 1 heterocycles. The number of ether oxygens (including phenoxy) is 1. The largest absolute Gasteiger partial charge is 0.379 e. The summed E-state index contributed by atoms with van der Waals surface area (Å²) in [7, 11) is 0. The fourth-order valence-corrected chi connectivity index (χ4v) is 1.93. The van der Waals surface area contributed by atoms with Gasteiger partial charge in [-0.3, -0.25) is 9.89 Å². The molecule has 0 saturated heterocycles. The number of unbranched alkanes of at least 4 members (excludes halogenated alkanes) is 1. The Morgan fingerprint density at radius 3 is 3.05 bits per heavy atom. The standard InChI is InChI=1S/C15H21N3O2/c1-11(2)20-8-4-3-7-16-15(19)12-5-6-13-10-17-18-14(13)9-12/h5-6,9-11H,3-4,7-8H2,1-2H3,(H,16,19)(H,17,18). The van der Waals surface area contributed by atoms with Crippen LogP contribution in [0.25, 0.3) is 10.9 Å². The smallest absolute Gasteiger partial charge is 0.251 e. The Balaban J connectivity index is 1.74. The number of benzene rings is 1. The van der Waals surface area contributed by atoms with Gasteiger partial charge in [0, 0.05) is 24.1 Å². The molecule has 0 atom stereocenters. The molecule has 1 aromatic heterocycles. The van der Waals surface area contributed by atoms with Crippen LogP contribution in [0.1, 0.15) is 37.0 Å². The molecule has 2 rings (SSSR count). The van der Waals surface area contributed by atoms with Gasteiger partial charge in [0.05, 0.1) is 17.8 Å². The maximum atomic E-state index is 12.0. The lowest BCUT2D eigenvalue weighted by Crippen LogP contribution is -2.24. The van der Waals surface area contributed by atoms with Gasteiger partial charge >= 0.3 is 0 Å². The summed E-state index contributed by atoms with van der Waals surface area (Å²) in [4.78, 5) is 12.0. The zero-order chi connectivity index (χ0) is 14.4. The van der Waals surface area contributed by atoms with Crippen molar-refractivity contribution in [2.45, 2.75) is 32.8 Å². The van der Waals surface area contributed by atoms with Crippen molar-refractivity contribution in [3.05, 3.63) is 30.0 Å². The second-order valence-electron chi connectivity index (χ2n) is 5.05. The van der Waals surface area contributed by atoms with Crippen molar-refractivity contribution in [3.8, 4) is 0 Å². The first-order valence-corrected chi connectivity index (χ1v) is 7.00. The van der Waals surface area contributed by atoms with Gasteiger partial charge in [0.15, 0.2) is 0 Å². The Kier molecular flexibility index (Phi) is 5.12.